The third kappa shape index (κ3) is 4.63. The minimum absolute atomic E-state index is 0.0205. The molecule has 7 nitrogen and oxygen atoms in total. The maximum Gasteiger partial charge on any atom is 0.272 e. The molecule has 0 aliphatic heterocycles. The van der Waals surface area contributed by atoms with Crippen LogP contribution >= 0.6 is 11.6 Å². The molecule has 2 N–H and O–H groups in total. The van der Waals surface area contributed by atoms with Crippen molar-refractivity contribution in [3.63, 3.8) is 0 Å². The second-order valence-electron chi connectivity index (χ2n) is 6.97. The van der Waals surface area contributed by atoms with E-state index in [0.29, 0.717) is 22.2 Å². The number of hydrogen-bond acceptors (Lipinski definition) is 4. The molecule has 4 rings (SSSR count). The number of benzene rings is 2. The molecule has 4 aromatic rings. The molecule has 2 aromatic carbocycles. The molecule has 0 spiro atoms. The predicted molar refractivity (Wildman–Crippen MR) is 117 cm³/mol. The molecule has 2 amide bonds. The number of nitrogens with zero attached hydrogens (tertiary/aromatic N) is 2. The fourth-order valence-corrected chi connectivity index (χ4v) is 3.34. The smallest absolute Gasteiger partial charge is 0.272 e. The molecule has 0 aliphatic carbocycles. The highest BCUT2D eigenvalue weighted by Crippen LogP contribution is 2.26. The Hall–Kier alpha value is -3.98. The van der Waals surface area contributed by atoms with E-state index in [1.54, 1.807) is 36.4 Å². The Labute approximate surface area is 192 Å². The van der Waals surface area contributed by atoms with Crippen LogP contribution < -0.4 is 10.6 Å². The van der Waals surface area contributed by atoms with E-state index in [1.807, 2.05) is 0 Å². The number of carbonyl (C=O) groups is 2. The number of rotatable bonds is 6. The van der Waals surface area contributed by atoms with Gasteiger partial charge < -0.3 is 15.1 Å². The van der Waals surface area contributed by atoms with Gasteiger partial charge in [-0.1, -0.05) is 17.7 Å². The van der Waals surface area contributed by atoms with Gasteiger partial charge in [-0.25, -0.2) is 13.5 Å². The Morgan fingerprint density at radius 2 is 1.82 bits per heavy atom. The highest BCUT2D eigenvalue weighted by Gasteiger charge is 2.26. The van der Waals surface area contributed by atoms with Crippen molar-refractivity contribution < 1.29 is 22.8 Å². The van der Waals surface area contributed by atoms with Crippen LogP contribution in [-0.4, -0.2) is 28.6 Å². The molecule has 168 valence electrons. The van der Waals surface area contributed by atoms with E-state index in [-0.39, 0.29) is 11.3 Å². The largest absolute Gasteiger partial charge is 0.463 e. The first-order valence-electron chi connectivity index (χ1n) is 9.74. The third-order valence-electron chi connectivity index (χ3n) is 4.85. The second-order valence-corrected chi connectivity index (χ2v) is 7.41. The molecule has 2 heterocycles. The highest BCUT2D eigenvalue weighted by molar-refractivity contribution is 6.30. The Kier molecular flexibility index (Phi) is 6.23. The van der Waals surface area contributed by atoms with Gasteiger partial charge in [0.05, 0.1) is 12.0 Å². The highest BCUT2D eigenvalue weighted by atomic mass is 35.5. The summed E-state index contributed by atoms with van der Waals surface area (Å²) in [6.07, 6.45) is 1.49. The lowest BCUT2D eigenvalue weighted by molar-refractivity contribution is -0.122. The van der Waals surface area contributed by atoms with Gasteiger partial charge in [-0.2, -0.15) is 5.10 Å². The molecule has 0 fully saturated rings. The summed E-state index contributed by atoms with van der Waals surface area (Å²) in [5.41, 5.74) is 1.16. The normalized spacial score (nSPS) is 11.8. The van der Waals surface area contributed by atoms with E-state index in [4.69, 9.17) is 16.0 Å². The Morgan fingerprint density at radius 3 is 2.45 bits per heavy atom. The molecule has 10 heteroatoms. The van der Waals surface area contributed by atoms with Crippen molar-refractivity contribution >= 4 is 23.4 Å². The average molecular weight is 471 g/mol. The van der Waals surface area contributed by atoms with Crippen molar-refractivity contribution in [2.24, 2.45) is 0 Å². The predicted octanol–water partition coefficient (Wildman–Crippen LogP) is 4.28. The summed E-state index contributed by atoms with van der Waals surface area (Å²) in [5, 5.41) is 9.82. The first-order chi connectivity index (χ1) is 15.9. The number of hydrogen-bond donors (Lipinski definition) is 2. The van der Waals surface area contributed by atoms with Gasteiger partial charge in [0.25, 0.3) is 5.91 Å². The zero-order valence-electron chi connectivity index (χ0n) is 17.2. The van der Waals surface area contributed by atoms with E-state index < -0.39 is 29.5 Å². The summed E-state index contributed by atoms with van der Waals surface area (Å²) in [6, 6.07) is 13.4. The van der Waals surface area contributed by atoms with Gasteiger partial charge in [0.1, 0.15) is 11.7 Å². The van der Waals surface area contributed by atoms with Gasteiger partial charge in [0, 0.05) is 18.1 Å². The number of nitrogens with one attached hydrogen (secondary N) is 2. The zero-order chi connectivity index (χ0) is 23.5. The van der Waals surface area contributed by atoms with Gasteiger partial charge in [0.15, 0.2) is 23.1 Å². The first-order valence-corrected chi connectivity index (χ1v) is 10.1. The van der Waals surface area contributed by atoms with Crippen molar-refractivity contribution in [2.45, 2.75) is 6.04 Å². The van der Waals surface area contributed by atoms with E-state index in [9.17, 15) is 18.4 Å². The zero-order valence-corrected chi connectivity index (χ0v) is 17.9. The fraction of sp³-hybridized carbons (Fsp3) is 0.0870. The topological polar surface area (TPSA) is 89.2 Å². The molecule has 1 unspecified atom stereocenters. The molecule has 0 bridgehead atoms. The van der Waals surface area contributed by atoms with Gasteiger partial charge in [-0.15, -0.1) is 0 Å². The number of halogens is 3. The van der Waals surface area contributed by atoms with Gasteiger partial charge in [-0.3, -0.25) is 9.59 Å². The van der Waals surface area contributed by atoms with Gasteiger partial charge >= 0.3 is 0 Å². The van der Waals surface area contributed by atoms with Crippen LogP contribution in [0.4, 0.5) is 8.78 Å². The number of likely N-dealkylation sites (N-methyl/N-ethyl adjacent to an activating group) is 1. The SMILES string of the molecule is CNC(=O)C(NC(=O)c1cc(-c2ccco2)n(-c2ccc(Cl)cc2)n1)c1ccc(F)c(F)c1. The lowest BCUT2D eigenvalue weighted by atomic mass is 10.1. The molecule has 0 radical (unpaired) electrons. The maximum atomic E-state index is 13.7. The Bertz CT molecular complexity index is 1300. The van der Waals surface area contributed by atoms with E-state index in [0.717, 1.165) is 12.1 Å². The van der Waals surface area contributed by atoms with Crippen LogP contribution in [0.15, 0.2) is 71.3 Å². The van der Waals surface area contributed by atoms with Crippen molar-refractivity contribution in [1.29, 1.82) is 0 Å². The summed E-state index contributed by atoms with van der Waals surface area (Å²) in [6.45, 7) is 0. The molecular formula is C23H17ClF2N4O3. The molecule has 1 atom stereocenters. The van der Waals surface area contributed by atoms with Crippen LogP contribution in [0.25, 0.3) is 17.1 Å². The van der Waals surface area contributed by atoms with Gasteiger partial charge in [0.2, 0.25) is 5.91 Å². The summed E-state index contributed by atoms with van der Waals surface area (Å²) >= 11 is 5.97. The van der Waals surface area contributed by atoms with E-state index in [2.05, 4.69) is 15.7 Å². The van der Waals surface area contributed by atoms with Crippen molar-refractivity contribution in [3.05, 3.63) is 94.8 Å². The van der Waals surface area contributed by atoms with E-state index in [1.165, 1.54) is 30.1 Å². The molecule has 0 aliphatic rings. The summed E-state index contributed by atoms with van der Waals surface area (Å²) in [7, 11) is 1.37. The quantitative estimate of drug-likeness (QED) is 0.440. The lowest BCUT2D eigenvalue weighted by Crippen LogP contribution is -2.39. The molecule has 0 saturated heterocycles. The van der Waals surface area contributed by atoms with E-state index >= 15 is 0 Å². The van der Waals surface area contributed by atoms with Crippen LogP contribution in [0, 0.1) is 11.6 Å². The maximum absolute atomic E-state index is 13.7. The molecule has 2 aromatic heterocycles. The number of aromatic nitrogens is 2. The monoisotopic (exact) mass is 470 g/mol. The Balaban J connectivity index is 1.71. The van der Waals surface area contributed by atoms with Crippen LogP contribution in [0.5, 0.6) is 0 Å². The van der Waals surface area contributed by atoms with Crippen LogP contribution in [0.2, 0.25) is 5.02 Å². The number of amides is 2. The number of furan rings is 1. The summed E-state index contributed by atoms with van der Waals surface area (Å²) in [5.74, 6) is -3.06. The fourth-order valence-electron chi connectivity index (χ4n) is 3.21. The third-order valence-corrected chi connectivity index (χ3v) is 5.10. The lowest BCUT2D eigenvalue weighted by Gasteiger charge is -2.17. The molecular weight excluding hydrogens is 454 g/mol. The molecule has 0 saturated carbocycles. The standard InChI is InChI=1S/C23H17ClF2N4O3/c1-27-23(32)21(13-4-9-16(25)17(26)11-13)28-22(31)18-12-19(20-3-2-10-33-20)30(29-18)15-7-5-14(24)6-8-15/h2-12,21H,1H3,(H,27,32)(H,28,31). The number of carbonyl (C=O) groups excluding carboxylic acids is 2. The van der Waals surface area contributed by atoms with Crippen LogP contribution in [0.3, 0.4) is 0 Å². The summed E-state index contributed by atoms with van der Waals surface area (Å²) < 4.78 is 34.1. The summed E-state index contributed by atoms with van der Waals surface area (Å²) in [4.78, 5) is 25.4. The van der Waals surface area contributed by atoms with Crippen molar-refractivity contribution in [3.8, 4) is 17.1 Å². The van der Waals surface area contributed by atoms with Crippen LogP contribution in [0.1, 0.15) is 22.1 Å². The van der Waals surface area contributed by atoms with Crippen molar-refractivity contribution in [1.82, 2.24) is 20.4 Å². The van der Waals surface area contributed by atoms with Gasteiger partial charge in [-0.05, 0) is 54.1 Å². The minimum atomic E-state index is -1.27. The van der Waals surface area contributed by atoms with Crippen molar-refractivity contribution in [2.75, 3.05) is 7.05 Å². The average Bonchev–Trinajstić information content (AvgIpc) is 3.49. The first kappa shape index (κ1) is 22.2. The molecule has 33 heavy (non-hydrogen) atoms. The van der Waals surface area contributed by atoms with Crippen LogP contribution in [-0.2, 0) is 4.79 Å². The second kappa shape index (κ2) is 9.25. The Morgan fingerprint density at radius 1 is 1.06 bits per heavy atom. The minimum Gasteiger partial charge on any atom is -0.463 e.